The minimum Gasteiger partial charge on any atom is -0.461 e. The molecule has 15 heavy (non-hydrogen) atoms. The van der Waals surface area contributed by atoms with Crippen molar-refractivity contribution in [1.29, 1.82) is 0 Å². The van der Waals surface area contributed by atoms with Crippen molar-refractivity contribution in [2.45, 2.75) is 19.4 Å². The second-order valence-corrected chi connectivity index (χ2v) is 2.97. The van der Waals surface area contributed by atoms with Crippen LogP contribution in [0.4, 0.5) is 0 Å². The van der Waals surface area contributed by atoms with Gasteiger partial charge in [-0.2, -0.15) is 0 Å². The molecule has 0 radical (unpaired) electrons. The molecule has 1 rings (SSSR count). The third-order valence-corrected chi connectivity index (χ3v) is 1.78. The number of hydrogen-bond acceptors (Lipinski definition) is 4. The second kappa shape index (κ2) is 7.96. The third kappa shape index (κ3) is 5.83. The van der Waals surface area contributed by atoms with Gasteiger partial charge in [0.15, 0.2) is 0 Å². The van der Waals surface area contributed by atoms with E-state index in [-0.39, 0.29) is 25.1 Å². The van der Waals surface area contributed by atoms with Crippen LogP contribution in [0.5, 0.6) is 0 Å². The minimum atomic E-state index is -0.261. The first-order valence-electron chi connectivity index (χ1n) is 4.63. The Hall–Kier alpha value is -1.39. The first kappa shape index (κ1) is 13.6. The highest BCUT2D eigenvalue weighted by Gasteiger charge is 2.01. The molecular formula is C11H17NO3. The Bertz CT molecular complexity index is 274. The Labute approximate surface area is 89.5 Å². The molecule has 0 amide bonds. The molecule has 0 fully saturated rings. The minimum absolute atomic E-state index is 0. The predicted molar refractivity (Wildman–Crippen MR) is 57.6 cm³/mol. The van der Waals surface area contributed by atoms with Crippen LogP contribution in [0.2, 0.25) is 0 Å². The molecule has 0 heterocycles. The second-order valence-electron chi connectivity index (χ2n) is 2.97. The van der Waals surface area contributed by atoms with Gasteiger partial charge in [-0.25, -0.2) is 0 Å². The summed E-state index contributed by atoms with van der Waals surface area (Å²) >= 11 is 0. The van der Waals surface area contributed by atoms with Gasteiger partial charge in [0.2, 0.25) is 0 Å². The van der Waals surface area contributed by atoms with Crippen LogP contribution in [-0.4, -0.2) is 17.7 Å². The van der Waals surface area contributed by atoms with E-state index in [1.807, 2.05) is 30.3 Å². The lowest BCUT2D eigenvalue weighted by Crippen LogP contribution is -2.05. The van der Waals surface area contributed by atoms with E-state index >= 15 is 0 Å². The lowest BCUT2D eigenvalue weighted by atomic mass is 10.2. The van der Waals surface area contributed by atoms with Crippen molar-refractivity contribution in [3.05, 3.63) is 35.9 Å². The van der Waals surface area contributed by atoms with Crippen LogP contribution in [0.3, 0.4) is 0 Å². The molecule has 4 heteroatoms. The lowest BCUT2D eigenvalue weighted by Gasteiger charge is -2.03. The van der Waals surface area contributed by atoms with Crippen LogP contribution in [0.15, 0.2) is 30.3 Å². The normalized spacial score (nSPS) is 9.13. The zero-order chi connectivity index (χ0) is 10.2. The molecule has 0 saturated heterocycles. The molecule has 4 N–H and O–H groups in total. The van der Waals surface area contributed by atoms with E-state index in [1.165, 1.54) is 0 Å². The fourth-order valence-corrected chi connectivity index (χ4v) is 1.03. The monoisotopic (exact) mass is 211 g/mol. The summed E-state index contributed by atoms with van der Waals surface area (Å²) in [7, 11) is 0. The maximum Gasteiger partial charge on any atom is 0.306 e. The first-order chi connectivity index (χ1) is 6.83. The summed E-state index contributed by atoms with van der Waals surface area (Å²) in [6.45, 7) is 0.339. The number of rotatable bonds is 5. The fraction of sp³-hybridized carbons (Fsp3) is 0.364. The van der Waals surface area contributed by atoms with Gasteiger partial charge in [0.1, 0.15) is 6.61 Å². The highest BCUT2D eigenvalue weighted by Crippen LogP contribution is 2.02. The molecule has 1 aromatic rings. The van der Waals surface area contributed by atoms with E-state index < -0.39 is 0 Å². The average molecular weight is 211 g/mol. The molecule has 0 aliphatic carbocycles. The summed E-state index contributed by atoms with van der Waals surface area (Å²) in [5.74, 6) is -0.261. The van der Waals surface area contributed by atoms with Crippen LogP contribution >= 0.6 is 0 Å². The molecular weight excluding hydrogens is 194 g/mol. The molecule has 0 atom stereocenters. The number of esters is 1. The molecule has 0 unspecified atom stereocenters. The van der Waals surface area contributed by atoms with Crippen LogP contribution in [0.1, 0.15) is 18.4 Å². The number of ether oxygens (including phenoxy) is 1. The highest BCUT2D eigenvalue weighted by atomic mass is 16.5. The number of carbonyl (C=O) groups is 1. The highest BCUT2D eigenvalue weighted by molar-refractivity contribution is 5.69. The Morgan fingerprint density at radius 2 is 1.93 bits per heavy atom. The number of benzene rings is 1. The molecule has 0 spiro atoms. The van der Waals surface area contributed by atoms with Gasteiger partial charge >= 0.3 is 5.97 Å². The van der Waals surface area contributed by atoms with Gasteiger partial charge in [0.05, 0.1) is 0 Å². The largest absolute Gasteiger partial charge is 0.461 e. The molecule has 0 saturated carbocycles. The fourth-order valence-electron chi connectivity index (χ4n) is 1.03. The van der Waals surface area contributed by atoms with E-state index in [0.717, 1.165) is 5.56 Å². The summed E-state index contributed by atoms with van der Waals surface area (Å²) in [4.78, 5) is 11.0. The van der Waals surface area contributed by atoms with E-state index in [0.29, 0.717) is 13.0 Å². The smallest absolute Gasteiger partial charge is 0.306 e. The van der Waals surface area contributed by atoms with Crippen LogP contribution in [0, 0.1) is 0 Å². The Kier molecular flexibility index (Phi) is 7.23. The number of hydrogen-bond donors (Lipinski definition) is 2. The van der Waals surface area contributed by atoms with Gasteiger partial charge in [-0.05, 0) is 12.0 Å². The molecule has 4 nitrogen and oxygen atoms in total. The summed E-state index contributed by atoms with van der Waals surface area (Å²) in [5.41, 5.74) is 0.977. The molecule has 0 bridgehead atoms. The van der Waals surface area contributed by atoms with Crippen molar-refractivity contribution in [3.63, 3.8) is 0 Å². The maximum atomic E-state index is 11.0. The number of aliphatic hydroxyl groups excluding tert-OH is 1. The van der Waals surface area contributed by atoms with Crippen LogP contribution < -0.4 is 6.15 Å². The maximum absolute atomic E-state index is 11.0. The van der Waals surface area contributed by atoms with Crippen molar-refractivity contribution >= 4 is 5.97 Å². The van der Waals surface area contributed by atoms with Crippen molar-refractivity contribution < 1.29 is 14.6 Å². The van der Waals surface area contributed by atoms with Crippen molar-refractivity contribution in [1.82, 2.24) is 6.15 Å². The molecule has 0 aliphatic heterocycles. The van der Waals surface area contributed by atoms with E-state index in [1.54, 1.807) is 0 Å². The summed E-state index contributed by atoms with van der Waals surface area (Å²) in [6.07, 6.45) is 0.747. The average Bonchev–Trinajstić information content (AvgIpc) is 2.25. The predicted octanol–water partition coefficient (Wildman–Crippen LogP) is 1.66. The van der Waals surface area contributed by atoms with Gasteiger partial charge in [0, 0.05) is 13.0 Å². The van der Waals surface area contributed by atoms with E-state index in [9.17, 15) is 4.79 Å². The molecule has 0 aromatic heterocycles. The number of aliphatic hydroxyl groups is 1. The molecule has 84 valence electrons. The quantitative estimate of drug-likeness (QED) is 0.726. The van der Waals surface area contributed by atoms with Crippen LogP contribution in [-0.2, 0) is 16.1 Å². The summed E-state index contributed by atoms with van der Waals surface area (Å²) in [6, 6.07) is 9.52. The summed E-state index contributed by atoms with van der Waals surface area (Å²) < 4.78 is 4.98. The van der Waals surface area contributed by atoms with E-state index in [2.05, 4.69) is 0 Å². The van der Waals surface area contributed by atoms with Gasteiger partial charge in [0.25, 0.3) is 0 Å². The Morgan fingerprint density at radius 1 is 1.27 bits per heavy atom. The standard InChI is InChI=1S/C11H14O3.H3N/c12-8-4-7-11(13)14-9-10-5-2-1-3-6-10;/h1-3,5-6,12H,4,7-9H2;1H3. The SMILES string of the molecule is N.O=C(CCCO)OCc1ccccc1. The molecule has 0 aliphatic rings. The van der Waals surface area contributed by atoms with Crippen molar-refractivity contribution in [3.8, 4) is 0 Å². The topological polar surface area (TPSA) is 81.5 Å². The van der Waals surface area contributed by atoms with Crippen LogP contribution in [0.25, 0.3) is 0 Å². The zero-order valence-electron chi connectivity index (χ0n) is 8.69. The Morgan fingerprint density at radius 3 is 2.53 bits per heavy atom. The summed E-state index contributed by atoms with van der Waals surface area (Å²) in [5, 5.41) is 8.49. The van der Waals surface area contributed by atoms with Gasteiger partial charge in [-0.15, -0.1) is 0 Å². The van der Waals surface area contributed by atoms with E-state index in [4.69, 9.17) is 9.84 Å². The van der Waals surface area contributed by atoms with Gasteiger partial charge in [-0.3, -0.25) is 4.79 Å². The third-order valence-electron chi connectivity index (χ3n) is 1.78. The number of carbonyl (C=O) groups excluding carboxylic acids is 1. The molecule has 1 aromatic carbocycles. The van der Waals surface area contributed by atoms with Gasteiger partial charge < -0.3 is 16.0 Å². The zero-order valence-corrected chi connectivity index (χ0v) is 8.69. The lowest BCUT2D eigenvalue weighted by molar-refractivity contribution is -0.145. The van der Waals surface area contributed by atoms with Crippen molar-refractivity contribution in [2.24, 2.45) is 0 Å². The first-order valence-corrected chi connectivity index (χ1v) is 4.63. The Balaban J connectivity index is 0.00000196. The van der Waals surface area contributed by atoms with Gasteiger partial charge in [-0.1, -0.05) is 30.3 Å². The van der Waals surface area contributed by atoms with Crippen molar-refractivity contribution in [2.75, 3.05) is 6.61 Å².